The molecule has 0 radical (unpaired) electrons. The molecule has 4 unspecified atom stereocenters. The molecule has 0 aromatic rings. The van der Waals surface area contributed by atoms with Gasteiger partial charge in [0.05, 0.1) is 6.10 Å². The Hall–Kier alpha value is -0.650. The van der Waals surface area contributed by atoms with E-state index in [1.54, 1.807) is 0 Å². The van der Waals surface area contributed by atoms with E-state index in [0.29, 0.717) is 30.1 Å². The first kappa shape index (κ1) is 35.2. The van der Waals surface area contributed by atoms with Crippen molar-refractivity contribution >= 4 is 31.2 Å². The number of hydrogen-bond donors (Lipinski definition) is 3. The predicted octanol–water partition coefficient (Wildman–Crippen LogP) is 4.91. The molecule has 4 rings (SSSR count). The van der Waals surface area contributed by atoms with Gasteiger partial charge in [-0.2, -0.15) is 25.3 Å². The average molecular weight is 673 g/mol. The minimum Gasteiger partial charge on any atom is -0.264 e. The lowest BCUT2D eigenvalue weighted by Gasteiger charge is -2.63. The van der Waals surface area contributed by atoms with Crippen molar-refractivity contribution in [3.63, 3.8) is 0 Å². The van der Waals surface area contributed by atoms with Crippen LogP contribution in [-0.4, -0.2) is 57.2 Å². The number of allylic oxidation sites excluding steroid dienone is 2. The Labute approximate surface area is 257 Å². The van der Waals surface area contributed by atoms with E-state index in [9.17, 15) is 38.9 Å². The minimum absolute atomic E-state index is 0.0204. The lowest BCUT2D eigenvalue weighted by Crippen LogP contribution is -2.62. The molecule has 0 aromatic carbocycles. The second kappa shape index (κ2) is 12.2. The van der Waals surface area contributed by atoms with Crippen LogP contribution in [0.4, 0.5) is 0 Å². The SMILES string of the molecule is CC(C)[C@@H](C)C=C[C@@H](C)[C@H]1CC[C@H]2[C@@H]3CC(OS(=O)(=O)O)C4CC(OS(=O)(=O)O)C(OS(=O)(=O)O)C[C@]4(C)[C@H]3CC[C@]12C. The summed E-state index contributed by atoms with van der Waals surface area (Å²) in [5.41, 5.74) is -0.863. The first-order chi connectivity index (χ1) is 19.5. The molecule has 0 amide bonds. The fourth-order valence-electron chi connectivity index (χ4n) is 9.64. The van der Waals surface area contributed by atoms with Gasteiger partial charge in [0.2, 0.25) is 0 Å². The normalized spacial score (nSPS) is 41.9. The van der Waals surface area contributed by atoms with E-state index in [4.69, 9.17) is 12.5 Å². The highest BCUT2D eigenvalue weighted by Crippen LogP contribution is 2.69. The summed E-state index contributed by atoms with van der Waals surface area (Å²) in [7, 11) is -15.0. The van der Waals surface area contributed by atoms with Gasteiger partial charge in [-0.1, -0.05) is 53.7 Å². The van der Waals surface area contributed by atoms with Crippen LogP contribution in [0, 0.1) is 58.2 Å². The summed E-state index contributed by atoms with van der Waals surface area (Å²) in [4.78, 5) is 0. The van der Waals surface area contributed by atoms with E-state index in [-0.39, 0.29) is 36.0 Å². The van der Waals surface area contributed by atoms with Crippen LogP contribution in [0.25, 0.3) is 0 Å². The van der Waals surface area contributed by atoms with Crippen molar-refractivity contribution in [3.05, 3.63) is 12.2 Å². The molecule has 0 aromatic heterocycles. The van der Waals surface area contributed by atoms with E-state index in [2.05, 4.69) is 46.8 Å². The molecule has 0 heterocycles. The number of rotatable bonds is 10. The maximum absolute atomic E-state index is 12.0. The largest absolute Gasteiger partial charge is 0.397 e. The highest BCUT2D eigenvalue weighted by Gasteiger charge is 2.65. The molecule has 3 N–H and O–H groups in total. The molecule has 12 atom stereocenters. The van der Waals surface area contributed by atoms with Gasteiger partial charge >= 0.3 is 31.2 Å². The third-order valence-corrected chi connectivity index (χ3v) is 13.3. The molecular weight excluding hydrogens is 624 g/mol. The third kappa shape index (κ3) is 7.67. The summed E-state index contributed by atoms with van der Waals surface area (Å²) in [5, 5.41) is 0. The zero-order chi connectivity index (χ0) is 32.3. The Kier molecular flexibility index (Phi) is 9.97. The van der Waals surface area contributed by atoms with Gasteiger partial charge < -0.3 is 0 Å². The van der Waals surface area contributed by atoms with Gasteiger partial charge in [-0.15, -0.1) is 0 Å². The Morgan fingerprint density at radius 1 is 0.674 bits per heavy atom. The molecule has 4 fully saturated rings. The Bertz CT molecular complexity index is 1380. The lowest BCUT2D eigenvalue weighted by atomic mass is 9.43. The fourth-order valence-corrected chi connectivity index (χ4v) is 11.2. The lowest BCUT2D eigenvalue weighted by molar-refractivity contribution is -0.183. The zero-order valence-electron chi connectivity index (χ0n) is 25.7. The molecule has 0 spiro atoms. The molecule has 12 nitrogen and oxygen atoms in total. The highest BCUT2D eigenvalue weighted by molar-refractivity contribution is 7.81. The van der Waals surface area contributed by atoms with E-state index < -0.39 is 60.8 Å². The summed E-state index contributed by atoms with van der Waals surface area (Å²) < 4.78 is 114. The first-order valence-corrected chi connectivity index (χ1v) is 19.3. The van der Waals surface area contributed by atoms with E-state index in [1.165, 1.54) is 0 Å². The molecule has 0 saturated heterocycles. The maximum Gasteiger partial charge on any atom is 0.397 e. The summed E-state index contributed by atoms with van der Waals surface area (Å²) in [6, 6.07) is 0. The van der Waals surface area contributed by atoms with Crippen molar-refractivity contribution in [2.24, 2.45) is 58.2 Å². The summed E-state index contributed by atoms with van der Waals surface area (Å²) in [6.07, 6.45) is 4.10. The van der Waals surface area contributed by atoms with Crippen LogP contribution < -0.4 is 0 Å². The van der Waals surface area contributed by atoms with E-state index in [0.717, 1.165) is 25.7 Å². The Morgan fingerprint density at radius 2 is 1.21 bits per heavy atom. The monoisotopic (exact) mass is 672 g/mol. The molecular formula is C28H48O12S3. The van der Waals surface area contributed by atoms with Crippen LogP contribution in [-0.2, 0) is 43.7 Å². The van der Waals surface area contributed by atoms with Gasteiger partial charge in [-0.25, -0.2) is 12.5 Å². The summed E-state index contributed by atoms with van der Waals surface area (Å²) in [5.74, 6) is 1.22. The molecule has 4 aliphatic carbocycles. The summed E-state index contributed by atoms with van der Waals surface area (Å²) >= 11 is 0. The third-order valence-electron chi connectivity index (χ3n) is 11.8. The second-order valence-electron chi connectivity index (χ2n) is 14.4. The average Bonchev–Trinajstić information content (AvgIpc) is 3.18. The maximum atomic E-state index is 12.0. The highest BCUT2D eigenvalue weighted by atomic mass is 32.3. The zero-order valence-corrected chi connectivity index (χ0v) is 28.1. The van der Waals surface area contributed by atoms with Crippen LogP contribution in [0.3, 0.4) is 0 Å². The molecule has 4 saturated carbocycles. The van der Waals surface area contributed by atoms with Gasteiger partial charge in [0.25, 0.3) is 0 Å². The number of fused-ring (bicyclic) bond motifs is 5. The topological polar surface area (TPSA) is 191 Å². The van der Waals surface area contributed by atoms with Gasteiger partial charge in [0, 0.05) is 0 Å². The van der Waals surface area contributed by atoms with Crippen molar-refractivity contribution in [2.45, 2.75) is 105 Å². The van der Waals surface area contributed by atoms with Crippen LogP contribution in [0.15, 0.2) is 12.2 Å². The van der Waals surface area contributed by atoms with Crippen LogP contribution >= 0.6 is 0 Å². The second-order valence-corrected chi connectivity index (χ2v) is 17.6. The molecule has 250 valence electrons. The standard InChI is InChI=1S/C28H48O12S3/c1-16(2)17(3)7-8-18(4)20-9-10-21-19-13-24(38-41(29,30)31)23-14-25(39-42(32,33)34)26(40-43(35,36)37)15-28(23,6)22(19)11-12-27(20,21)5/h7-8,16-26H,9-15H2,1-6H3,(H,29,30,31)(H,32,33,34)(H,35,36,37)/t17-,18+,19-,20+,21-,22-,23?,24?,25?,26?,27+,28+/m0/s1. The Balaban J connectivity index is 1.70. The van der Waals surface area contributed by atoms with Crippen molar-refractivity contribution in [3.8, 4) is 0 Å². The summed E-state index contributed by atoms with van der Waals surface area (Å²) in [6.45, 7) is 13.1. The van der Waals surface area contributed by atoms with Crippen molar-refractivity contribution in [1.29, 1.82) is 0 Å². The van der Waals surface area contributed by atoms with Crippen LogP contribution in [0.1, 0.15) is 86.5 Å². The van der Waals surface area contributed by atoms with Gasteiger partial charge in [-0.3, -0.25) is 13.7 Å². The molecule has 0 aliphatic heterocycles. The molecule has 4 aliphatic rings. The van der Waals surface area contributed by atoms with Crippen molar-refractivity contribution in [1.82, 2.24) is 0 Å². The van der Waals surface area contributed by atoms with Gasteiger partial charge in [0.1, 0.15) is 12.2 Å². The van der Waals surface area contributed by atoms with E-state index in [1.807, 2.05) is 6.92 Å². The van der Waals surface area contributed by atoms with Crippen LogP contribution in [0.5, 0.6) is 0 Å². The van der Waals surface area contributed by atoms with Gasteiger partial charge in [0.15, 0.2) is 0 Å². The van der Waals surface area contributed by atoms with Crippen molar-refractivity contribution in [2.75, 3.05) is 0 Å². The first-order valence-electron chi connectivity index (χ1n) is 15.2. The smallest absolute Gasteiger partial charge is 0.264 e. The molecule has 15 heteroatoms. The van der Waals surface area contributed by atoms with Crippen LogP contribution in [0.2, 0.25) is 0 Å². The van der Waals surface area contributed by atoms with Gasteiger partial charge in [-0.05, 0) is 103 Å². The number of hydrogen-bond acceptors (Lipinski definition) is 9. The van der Waals surface area contributed by atoms with Crippen molar-refractivity contribution < 1.29 is 51.5 Å². The molecule has 43 heavy (non-hydrogen) atoms. The fraction of sp³-hybridized carbons (Fsp3) is 0.929. The quantitative estimate of drug-likeness (QED) is 0.210. The Morgan fingerprint density at radius 3 is 1.77 bits per heavy atom. The molecule has 0 bridgehead atoms. The van der Waals surface area contributed by atoms with E-state index >= 15 is 0 Å². The predicted molar refractivity (Wildman–Crippen MR) is 158 cm³/mol. The minimum atomic E-state index is -5.07.